The van der Waals surface area contributed by atoms with E-state index in [0.29, 0.717) is 12.0 Å². The van der Waals surface area contributed by atoms with Gasteiger partial charge in [0.2, 0.25) is 5.95 Å². The Morgan fingerprint density at radius 3 is 2.71 bits per heavy atom. The topological polar surface area (TPSA) is 84.2 Å². The molecule has 3 aromatic rings. The summed E-state index contributed by atoms with van der Waals surface area (Å²) in [6, 6.07) is 7.04. The van der Waals surface area contributed by atoms with Crippen molar-refractivity contribution in [3.8, 4) is 5.82 Å². The molecule has 2 aromatic heterocycles. The molecular formula is C21H27FN8O. The van der Waals surface area contributed by atoms with Gasteiger partial charge in [-0.1, -0.05) is 6.92 Å². The molecule has 1 aromatic carbocycles. The van der Waals surface area contributed by atoms with Crippen LogP contribution in [-0.2, 0) is 11.2 Å². The summed E-state index contributed by atoms with van der Waals surface area (Å²) in [4.78, 5) is 16.8. The first-order valence-corrected chi connectivity index (χ1v) is 10.5. The van der Waals surface area contributed by atoms with E-state index in [9.17, 15) is 4.39 Å². The third-order valence-electron chi connectivity index (χ3n) is 5.82. The highest BCUT2D eigenvalue weighted by Crippen LogP contribution is 2.26. The standard InChI is InChI=1S/C21H25FN8O.H2/c1-2-15-7-16(26-21-25-14-30(27-21)20-19(22)10-23-13-24-20)9-17(8-15)28-3-5-29(6-4-28)18-11-31-12-18;/h7-10,13-14,18H,2-6,11-12H2,1H3,(H,26,27);1H. The number of nitrogens with zero attached hydrogens (tertiary/aromatic N) is 7. The van der Waals surface area contributed by atoms with Crippen LogP contribution in [0.1, 0.15) is 13.9 Å². The fraction of sp³-hybridized carbons (Fsp3) is 0.429. The van der Waals surface area contributed by atoms with Crippen LogP contribution in [0, 0.1) is 5.82 Å². The maximum absolute atomic E-state index is 13.9. The molecule has 2 saturated heterocycles. The highest BCUT2D eigenvalue weighted by molar-refractivity contribution is 5.64. The quantitative estimate of drug-likeness (QED) is 0.643. The minimum atomic E-state index is -0.554. The van der Waals surface area contributed by atoms with Crippen LogP contribution in [0.2, 0.25) is 0 Å². The minimum Gasteiger partial charge on any atom is -0.378 e. The second kappa shape index (κ2) is 8.56. The molecule has 0 bridgehead atoms. The van der Waals surface area contributed by atoms with Gasteiger partial charge in [-0.15, -0.1) is 5.10 Å². The van der Waals surface area contributed by atoms with Crippen LogP contribution in [0.4, 0.5) is 21.7 Å². The summed E-state index contributed by atoms with van der Waals surface area (Å²) in [5, 5.41) is 7.56. The molecule has 5 rings (SSSR count). The van der Waals surface area contributed by atoms with Gasteiger partial charge in [-0.2, -0.15) is 9.67 Å². The molecule has 0 atom stereocenters. The lowest BCUT2D eigenvalue weighted by molar-refractivity contribution is -0.0660. The molecule has 2 aliphatic rings. The van der Waals surface area contributed by atoms with Gasteiger partial charge >= 0.3 is 0 Å². The average Bonchev–Trinajstić information content (AvgIpc) is 3.21. The Hall–Kier alpha value is -3.11. The number of halogens is 1. The molecule has 4 heterocycles. The number of rotatable bonds is 6. The van der Waals surface area contributed by atoms with Crippen molar-refractivity contribution in [3.05, 3.63) is 48.4 Å². The van der Waals surface area contributed by atoms with Crippen molar-refractivity contribution in [2.45, 2.75) is 19.4 Å². The zero-order valence-corrected chi connectivity index (χ0v) is 17.4. The van der Waals surface area contributed by atoms with Gasteiger partial charge in [0.15, 0.2) is 11.6 Å². The Morgan fingerprint density at radius 1 is 1.16 bits per heavy atom. The Kier molecular flexibility index (Phi) is 5.47. The molecule has 9 nitrogen and oxygen atoms in total. The molecule has 31 heavy (non-hydrogen) atoms. The lowest BCUT2D eigenvalue weighted by Crippen LogP contribution is -2.56. The largest absolute Gasteiger partial charge is 0.378 e. The number of aromatic nitrogens is 5. The first-order chi connectivity index (χ1) is 15.2. The van der Waals surface area contributed by atoms with E-state index in [2.05, 4.69) is 60.3 Å². The van der Waals surface area contributed by atoms with Crippen LogP contribution in [0.25, 0.3) is 5.82 Å². The van der Waals surface area contributed by atoms with Gasteiger partial charge in [0.05, 0.1) is 25.5 Å². The number of aryl methyl sites for hydroxylation is 1. The van der Waals surface area contributed by atoms with Gasteiger partial charge in [-0.05, 0) is 30.2 Å². The van der Waals surface area contributed by atoms with Crippen LogP contribution < -0.4 is 10.2 Å². The lowest BCUT2D eigenvalue weighted by atomic mass is 10.1. The number of piperazine rings is 1. The van der Waals surface area contributed by atoms with Gasteiger partial charge in [0, 0.05) is 39.0 Å². The van der Waals surface area contributed by atoms with Crippen molar-refractivity contribution >= 4 is 17.3 Å². The number of nitrogens with one attached hydrogen (secondary N) is 1. The lowest BCUT2D eigenvalue weighted by Gasteiger charge is -2.43. The van der Waals surface area contributed by atoms with Crippen molar-refractivity contribution in [2.75, 3.05) is 49.6 Å². The molecule has 1 N–H and O–H groups in total. The summed E-state index contributed by atoms with van der Waals surface area (Å²) in [5.41, 5.74) is 3.33. The molecule has 2 aliphatic heterocycles. The minimum absolute atomic E-state index is 0. The van der Waals surface area contributed by atoms with Gasteiger partial charge in [-0.3, -0.25) is 4.90 Å². The van der Waals surface area contributed by atoms with E-state index in [1.54, 1.807) is 0 Å². The summed E-state index contributed by atoms with van der Waals surface area (Å²) in [5.74, 6) is -0.109. The fourth-order valence-corrected chi connectivity index (χ4v) is 3.94. The molecule has 164 valence electrons. The van der Waals surface area contributed by atoms with Crippen molar-refractivity contribution < 1.29 is 10.6 Å². The summed E-state index contributed by atoms with van der Waals surface area (Å²) >= 11 is 0. The van der Waals surface area contributed by atoms with Crippen molar-refractivity contribution in [1.29, 1.82) is 0 Å². The van der Waals surface area contributed by atoms with Crippen molar-refractivity contribution in [1.82, 2.24) is 29.6 Å². The maximum atomic E-state index is 13.9. The summed E-state index contributed by atoms with van der Waals surface area (Å²) in [6.07, 6.45) is 4.74. The molecular weight excluding hydrogens is 399 g/mol. The summed E-state index contributed by atoms with van der Waals surface area (Å²) in [6.45, 7) is 7.93. The van der Waals surface area contributed by atoms with E-state index in [-0.39, 0.29) is 7.24 Å². The van der Waals surface area contributed by atoms with Gasteiger partial charge < -0.3 is 15.0 Å². The van der Waals surface area contributed by atoms with Crippen LogP contribution in [0.15, 0.2) is 37.1 Å². The second-order valence-corrected chi connectivity index (χ2v) is 7.79. The Labute approximate surface area is 181 Å². The van der Waals surface area contributed by atoms with E-state index >= 15 is 0 Å². The summed E-state index contributed by atoms with van der Waals surface area (Å²) < 4.78 is 20.6. The molecule has 0 saturated carbocycles. The number of ether oxygens (including phenoxy) is 1. The Bertz CT molecular complexity index is 1050. The van der Waals surface area contributed by atoms with Crippen molar-refractivity contribution in [3.63, 3.8) is 0 Å². The highest BCUT2D eigenvalue weighted by atomic mass is 19.1. The van der Waals surface area contributed by atoms with Crippen LogP contribution in [0.5, 0.6) is 0 Å². The van der Waals surface area contributed by atoms with Gasteiger partial charge in [-0.25, -0.2) is 14.4 Å². The van der Waals surface area contributed by atoms with Gasteiger partial charge in [0.1, 0.15) is 12.7 Å². The van der Waals surface area contributed by atoms with E-state index in [4.69, 9.17) is 4.74 Å². The normalized spacial score (nSPS) is 17.5. The van der Waals surface area contributed by atoms with Crippen molar-refractivity contribution in [2.24, 2.45) is 0 Å². The number of hydrogen-bond donors (Lipinski definition) is 1. The SMILES string of the molecule is CCc1cc(Nc2ncn(-c3ncncc3F)n2)cc(N2CCN(C3COC3)CC2)c1.[HH]. The van der Waals surface area contributed by atoms with Crippen LogP contribution >= 0.6 is 0 Å². The fourth-order valence-electron chi connectivity index (χ4n) is 3.94. The predicted molar refractivity (Wildman–Crippen MR) is 117 cm³/mol. The molecule has 0 amide bonds. The Morgan fingerprint density at radius 2 is 2.00 bits per heavy atom. The molecule has 0 unspecified atom stereocenters. The number of anilines is 3. The zero-order valence-electron chi connectivity index (χ0n) is 17.4. The third-order valence-corrected chi connectivity index (χ3v) is 5.82. The number of benzene rings is 1. The van der Waals surface area contributed by atoms with E-state index < -0.39 is 5.82 Å². The van der Waals surface area contributed by atoms with E-state index in [0.717, 1.165) is 57.7 Å². The Balaban J connectivity index is 0.00000245. The third kappa shape index (κ3) is 4.21. The zero-order chi connectivity index (χ0) is 21.2. The number of hydrogen-bond acceptors (Lipinski definition) is 8. The molecule has 0 spiro atoms. The molecule has 2 fully saturated rings. The first kappa shape index (κ1) is 19.8. The van der Waals surface area contributed by atoms with Gasteiger partial charge in [0.25, 0.3) is 0 Å². The molecule has 0 radical (unpaired) electrons. The first-order valence-electron chi connectivity index (χ1n) is 10.5. The molecule has 0 aliphatic carbocycles. The maximum Gasteiger partial charge on any atom is 0.247 e. The van der Waals surface area contributed by atoms with Crippen LogP contribution in [0.3, 0.4) is 0 Å². The predicted octanol–water partition coefficient (Wildman–Crippen LogP) is 2.27. The molecule has 10 heteroatoms. The second-order valence-electron chi connectivity index (χ2n) is 7.79. The monoisotopic (exact) mass is 426 g/mol. The van der Waals surface area contributed by atoms with E-state index in [1.165, 1.54) is 28.6 Å². The smallest absolute Gasteiger partial charge is 0.247 e. The van der Waals surface area contributed by atoms with E-state index in [1.807, 2.05) is 0 Å². The highest BCUT2D eigenvalue weighted by Gasteiger charge is 2.29. The van der Waals surface area contributed by atoms with Crippen LogP contribution in [-0.4, -0.2) is 75.1 Å². The summed E-state index contributed by atoms with van der Waals surface area (Å²) in [7, 11) is 0. The average molecular weight is 427 g/mol.